The second kappa shape index (κ2) is 7.00. The van der Waals surface area contributed by atoms with Crippen molar-refractivity contribution >= 4 is 23.3 Å². The molecule has 21 heavy (non-hydrogen) atoms. The lowest BCUT2D eigenvalue weighted by molar-refractivity contribution is -0.143. The van der Waals surface area contributed by atoms with Crippen molar-refractivity contribution < 1.29 is 19.8 Å². The van der Waals surface area contributed by atoms with Crippen molar-refractivity contribution in [2.45, 2.75) is 39.2 Å². The van der Waals surface area contributed by atoms with Crippen LogP contribution in [0, 0.1) is 5.92 Å². The third kappa shape index (κ3) is 4.01. The second-order valence-corrected chi connectivity index (χ2v) is 6.43. The molecular formula is C14H20N2O4S. The second-order valence-electron chi connectivity index (χ2n) is 5.35. The fourth-order valence-electron chi connectivity index (χ4n) is 2.63. The van der Waals surface area contributed by atoms with Gasteiger partial charge in [0.25, 0.3) is 0 Å². The van der Waals surface area contributed by atoms with E-state index >= 15 is 0 Å². The number of nitrogens with zero attached hydrogens (tertiary/aromatic N) is 2. The summed E-state index contributed by atoms with van der Waals surface area (Å²) < 4.78 is 0. The Labute approximate surface area is 127 Å². The fraction of sp³-hybridized carbons (Fsp3) is 0.643. The van der Waals surface area contributed by atoms with E-state index in [1.165, 1.54) is 11.3 Å². The van der Waals surface area contributed by atoms with Gasteiger partial charge in [-0.3, -0.25) is 9.69 Å². The van der Waals surface area contributed by atoms with Gasteiger partial charge in [-0.1, -0.05) is 13.3 Å². The number of likely N-dealkylation sites (tertiary alicyclic amines) is 1. The van der Waals surface area contributed by atoms with Crippen LogP contribution in [0.2, 0.25) is 0 Å². The highest BCUT2D eigenvalue weighted by atomic mass is 32.1. The minimum absolute atomic E-state index is 0.318. The first kappa shape index (κ1) is 15.9. The van der Waals surface area contributed by atoms with Gasteiger partial charge in [0, 0.05) is 6.54 Å². The van der Waals surface area contributed by atoms with E-state index in [-0.39, 0.29) is 5.92 Å². The molecule has 0 bridgehead atoms. The molecule has 1 aromatic rings. The zero-order chi connectivity index (χ0) is 15.4. The molecule has 6 nitrogen and oxygen atoms in total. The Kier molecular flexibility index (Phi) is 5.30. The molecule has 116 valence electrons. The quantitative estimate of drug-likeness (QED) is 0.836. The molecule has 2 rings (SSSR count). The number of aromatic nitrogens is 1. The molecule has 1 atom stereocenters. The first-order valence-electron chi connectivity index (χ1n) is 7.18. The molecule has 0 spiro atoms. The molecular weight excluding hydrogens is 292 g/mol. The Morgan fingerprint density at radius 3 is 2.81 bits per heavy atom. The Morgan fingerprint density at radius 1 is 1.43 bits per heavy atom. The number of rotatable bonds is 6. The van der Waals surface area contributed by atoms with Gasteiger partial charge in [0.15, 0.2) is 0 Å². The molecule has 0 amide bonds. The summed E-state index contributed by atoms with van der Waals surface area (Å²) in [6.07, 6.45) is 3.09. The van der Waals surface area contributed by atoms with Crippen molar-refractivity contribution in [2.24, 2.45) is 5.92 Å². The number of thiazole rings is 1. The smallest absolute Gasteiger partial charge is 0.347 e. The van der Waals surface area contributed by atoms with Gasteiger partial charge >= 0.3 is 11.9 Å². The van der Waals surface area contributed by atoms with Gasteiger partial charge in [-0.25, -0.2) is 9.78 Å². The van der Waals surface area contributed by atoms with Gasteiger partial charge in [-0.15, -0.1) is 11.3 Å². The fourth-order valence-corrected chi connectivity index (χ4v) is 3.63. The van der Waals surface area contributed by atoms with Crippen LogP contribution in [0.3, 0.4) is 0 Å². The van der Waals surface area contributed by atoms with E-state index in [4.69, 9.17) is 5.11 Å². The summed E-state index contributed by atoms with van der Waals surface area (Å²) in [6, 6.07) is 0. The lowest BCUT2D eigenvalue weighted by Gasteiger charge is -2.29. The van der Waals surface area contributed by atoms with Gasteiger partial charge < -0.3 is 10.2 Å². The summed E-state index contributed by atoms with van der Waals surface area (Å²) in [5.41, 5.74) is 0.650. The van der Waals surface area contributed by atoms with Gasteiger partial charge in [0.1, 0.15) is 9.88 Å². The summed E-state index contributed by atoms with van der Waals surface area (Å²) in [4.78, 5) is 29.1. The number of hydrogen-bond donors (Lipinski definition) is 2. The van der Waals surface area contributed by atoms with E-state index in [9.17, 15) is 14.7 Å². The number of aryl methyl sites for hydroxylation is 1. The van der Waals surface area contributed by atoms with E-state index < -0.39 is 11.9 Å². The van der Waals surface area contributed by atoms with Crippen molar-refractivity contribution in [3.63, 3.8) is 0 Å². The molecule has 1 aliphatic rings. The van der Waals surface area contributed by atoms with Crippen LogP contribution in [0.4, 0.5) is 0 Å². The van der Waals surface area contributed by atoms with Crippen LogP contribution in [0.5, 0.6) is 0 Å². The maximum atomic E-state index is 11.2. The van der Waals surface area contributed by atoms with Gasteiger partial charge in [0.2, 0.25) is 0 Å². The predicted molar refractivity (Wildman–Crippen MR) is 78.7 cm³/mol. The summed E-state index contributed by atoms with van der Waals surface area (Å²) in [7, 11) is 0. The SMILES string of the molecule is CCCc1nc(CN2CCCC(C(=O)O)C2)sc1C(=O)O. The van der Waals surface area contributed by atoms with Crippen molar-refractivity contribution in [3.05, 3.63) is 15.6 Å². The predicted octanol–water partition coefficient (Wildman–Crippen LogP) is 2.09. The minimum atomic E-state index is -0.927. The van der Waals surface area contributed by atoms with Crippen molar-refractivity contribution in [2.75, 3.05) is 13.1 Å². The van der Waals surface area contributed by atoms with E-state index in [0.29, 0.717) is 36.5 Å². The highest BCUT2D eigenvalue weighted by Crippen LogP contribution is 2.24. The van der Waals surface area contributed by atoms with Crippen LogP contribution in [0.1, 0.15) is 46.6 Å². The monoisotopic (exact) mass is 312 g/mol. The lowest BCUT2D eigenvalue weighted by atomic mass is 9.98. The number of aliphatic carboxylic acids is 1. The highest BCUT2D eigenvalue weighted by Gasteiger charge is 2.26. The molecule has 1 saturated heterocycles. The first-order valence-corrected chi connectivity index (χ1v) is 8.00. The number of carboxylic acid groups (broad SMARTS) is 2. The molecule has 0 radical (unpaired) electrons. The Bertz CT molecular complexity index is 529. The molecule has 1 unspecified atom stereocenters. The Morgan fingerprint density at radius 2 is 2.19 bits per heavy atom. The van der Waals surface area contributed by atoms with E-state index in [2.05, 4.69) is 9.88 Å². The number of aromatic carboxylic acids is 1. The maximum Gasteiger partial charge on any atom is 0.347 e. The molecule has 0 aromatic carbocycles. The van der Waals surface area contributed by atoms with Crippen molar-refractivity contribution in [1.82, 2.24) is 9.88 Å². The molecule has 1 fully saturated rings. The standard InChI is InChI=1S/C14H20N2O4S/c1-2-4-10-12(14(19)20)21-11(15-10)8-16-6-3-5-9(7-16)13(17)18/h9H,2-8H2,1H3,(H,17,18)(H,19,20). The maximum absolute atomic E-state index is 11.2. The zero-order valence-electron chi connectivity index (χ0n) is 12.0. The van der Waals surface area contributed by atoms with Gasteiger partial charge in [-0.2, -0.15) is 0 Å². The summed E-state index contributed by atoms with van der Waals surface area (Å²) in [6.45, 7) is 3.89. The lowest BCUT2D eigenvalue weighted by Crippen LogP contribution is -2.38. The molecule has 0 aliphatic carbocycles. The number of hydrogen-bond acceptors (Lipinski definition) is 5. The van der Waals surface area contributed by atoms with Crippen LogP contribution in [0.15, 0.2) is 0 Å². The Balaban J connectivity index is 2.07. The molecule has 2 N–H and O–H groups in total. The zero-order valence-corrected chi connectivity index (χ0v) is 12.9. The largest absolute Gasteiger partial charge is 0.481 e. The van der Waals surface area contributed by atoms with E-state index in [1.54, 1.807) is 0 Å². The third-order valence-electron chi connectivity index (χ3n) is 3.64. The summed E-state index contributed by atoms with van der Waals surface area (Å²) in [5.74, 6) is -2.01. The van der Waals surface area contributed by atoms with Crippen molar-refractivity contribution in [3.8, 4) is 0 Å². The van der Waals surface area contributed by atoms with E-state index in [0.717, 1.165) is 24.4 Å². The number of piperidine rings is 1. The summed E-state index contributed by atoms with van der Waals surface area (Å²) >= 11 is 1.21. The highest BCUT2D eigenvalue weighted by molar-refractivity contribution is 7.13. The van der Waals surface area contributed by atoms with Gasteiger partial charge in [-0.05, 0) is 25.8 Å². The van der Waals surface area contributed by atoms with Crippen LogP contribution in [-0.4, -0.2) is 45.1 Å². The summed E-state index contributed by atoms with van der Waals surface area (Å²) in [5, 5.41) is 19.1. The molecule has 1 aliphatic heterocycles. The van der Waals surface area contributed by atoms with E-state index in [1.807, 2.05) is 6.92 Å². The molecule has 7 heteroatoms. The van der Waals surface area contributed by atoms with Crippen LogP contribution in [0.25, 0.3) is 0 Å². The van der Waals surface area contributed by atoms with Crippen LogP contribution in [-0.2, 0) is 17.8 Å². The molecule has 2 heterocycles. The number of carbonyl (C=O) groups is 2. The first-order chi connectivity index (χ1) is 10.0. The molecule has 0 saturated carbocycles. The van der Waals surface area contributed by atoms with Crippen LogP contribution >= 0.6 is 11.3 Å². The molecule has 1 aromatic heterocycles. The number of carboxylic acids is 2. The van der Waals surface area contributed by atoms with Crippen LogP contribution < -0.4 is 0 Å². The Hall–Kier alpha value is -1.47. The normalized spacial score (nSPS) is 19.6. The van der Waals surface area contributed by atoms with Gasteiger partial charge in [0.05, 0.1) is 18.2 Å². The average molecular weight is 312 g/mol. The topological polar surface area (TPSA) is 90.7 Å². The van der Waals surface area contributed by atoms with Crippen molar-refractivity contribution in [1.29, 1.82) is 0 Å². The third-order valence-corrected chi connectivity index (χ3v) is 4.71. The minimum Gasteiger partial charge on any atom is -0.481 e. The average Bonchev–Trinajstić information content (AvgIpc) is 2.82.